The maximum Gasteiger partial charge on any atom is 0.220 e. The van der Waals surface area contributed by atoms with Crippen LogP contribution in [0.4, 0.5) is 0 Å². The molecular weight excluding hydrogens is 404 g/mol. The fourth-order valence-electron chi connectivity index (χ4n) is 4.11. The summed E-state index contributed by atoms with van der Waals surface area (Å²) in [5.41, 5.74) is 1.08. The minimum atomic E-state index is -0.108. The molecular formula is C23H32N8O. The summed E-state index contributed by atoms with van der Waals surface area (Å²) in [7, 11) is 0. The van der Waals surface area contributed by atoms with Crippen molar-refractivity contribution >= 4 is 5.91 Å². The van der Waals surface area contributed by atoms with Crippen molar-refractivity contribution in [3.63, 3.8) is 0 Å². The number of likely N-dealkylation sites (tertiary alicyclic amines) is 1. The number of piperidine rings is 1. The van der Waals surface area contributed by atoms with Gasteiger partial charge in [0.15, 0.2) is 5.82 Å². The van der Waals surface area contributed by atoms with E-state index in [1.807, 2.05) is 45.8 Å². The molecule has 0 bridgehead atoms. The lowest BCUT2D eigenvalue weighted by atomic mass is 9.99. The molecule has 32 heavy (non-hydrogen) atoms. The Morgan fingerprint density at radius 1 is 1.22 bits per heavy atom. The molecule has 0 aliphatic carbocycles. The van der Waals surface area contributed by atoms with Crippen LogP contribution in [0.5, 0.6) is 0 Å². The molecule has 170 valence electrons. The van der Waals surface area contributed by atoms with Gasteiger partial charge in [-0.2, -0.15) is 0 Å². The summed E-state index contributed by atoms with van der Waals surface area (Å²) in [4.78, 5) is 19.2. The van der Waals surface area contributed by atoms with Crippen molar-refractivity contribution in [1.29, 1.82) is 0 Å². The predicted molar refractivity (Wildman–Crippen MR) is 120 cm³/mol. The van der Waals surface area contributed by atoms with Crippen LogP contribution in [0.25, 0.3) is 0 Å². The molecule has 1 N–H and O–H groups in total. The van der Waals surface area contributed by atoms with E-state index in [0.29, 0.717) is 25.9 Å². The topological polar surface area (TPSA) is 93.8 Å². The number of hydrogen-bond acceptors (Lipinski definition) is 6. The van der Waals surface area contributed by atoms with Crippen molar-refractivity contribution in [2.24, 2.45) is 5.92 Å². The number of carbonyl (C=O) groups excluding carboxylic acids is 1. The number of tetrazole rings is 1. The summed E-state index contributed by atoms with van der Waals surface area (Å²) in [6.07, 6.45) is 8.99. The Bertz CT molecular complexity index is 948. The van der Waals surface area contributed by atoms with Gasteiger partial charge in [0.1, 0.15) is 0 Å². The first-order chi connectivity index (χ1) is 15.7. The third kappa shape index (κ3) is 6.23. The molecule has 1 saturated heterocycles. The van der Waals surface area contributed by atoms with Gasteiger partial charge in [-0.1, -0.05) is 37.3 Å². The largest absolute Gasteiger partial charge is 0.347 e. The van der Waals surface area contributed by atoms with Crippen LogP contribution in [0.2, 0.25) is 0 Å². The third-order valence-electron chi connectivity index (χ3n) is 6.11. The second-order valence-electron chi connectivity index (χ2n) is 8.67. The molecule has 1 amide bonds. The molecule has 3 heterocycles. The van der Waals surface area contributed by atoms with Crippen molar-refractivity contribution < 1.29 is 4.79 Å². The van der Waals surface area contributed by atoms with Crippen LogP contribution < -0.4 is 5.32 Å². The Labute approximate surface area is 188 Å². The maximum absolute atomic E-state index is 12.7. The molecule has 4 rings (SSSR count). The Balaban J connectivity index is 1.27. The first kappa shape index (κ1) is 22.1. The van der Waals surface area contributed by atoms with E-state index in [2.05, 4.69) is 37.6 Å². The molecule has 1 aliphatic rings. The smallest absolute Gasteiger partial charge is 0.220 e. The zero-order valence-corrected chi connectivity index (χ0v) is 18.7. The number of aromatic nitrogens is 6. The molecule has 9 nitrogen and oxygen atoms in total. The van der Waals surface area contributed by atoms with Gasteiger partial charge < -0.3 is 9.88 Å². The molecule has 0 spiro atoms. The molecule has 0 saturated carbocycles. The van der Waals surface area contributed by atoms with E-state index in [9.17, 15) is 4.79 Å². The lowest BCUT2D eigenvalue weighted by molar-refractivity contribution is -0.122. The number of nitrogens with one attached hydrogen (secondary N) is 1. The Hall–Kier alpha value is -3.07. The Kier molecular flexibility index (Phi) is 7.60. The Morgan fingerprint density at radius 2 is 2.03 bits per heavy atom. The number of carbonyl (C=O) groups is 1. The highest BCUT2D eigenvalue weighted by Crippen LogP contribution is 2.18. The fourth-order valence-corrected chi connectivity index (χ4v) is 4.11. The van der Waals surface area contributed by atoms with Crippen molar-refractivity contribution in [2.45, 2.75) is 58.3 Å². The summed E-state index contributed by atoms with van der Waals surface area (Å²) < 4.78 is 3.82. The molecule has 9 heteroatoms. The van der Waals surface area contributed by atoms with Gasteiger partial charge in [-0.3, -0.25) is 9.69 Å². The van der Waals surface area contributed by atoms with Gasteiger partial charge >= 0.3 is 0 Å². The quantitative estimate of drug-likeness (QED) is 0.525. The van der Waals surface area contributed by atoms with Crippen LogP contribution in [0.1, 0.15) is 50.0 Å². The van der Waals surface area contributed by atoms with Gasteiger partial charge in [0.25, 0.3) is 0 Å². The van der Waals surface area contributed by atoms with Gasteiger partial charge in [-0.05, 0) is 54.3 Å². The highest BCUT2D eigenvalue weighted by Gasteiger charge is 2.19. The normalized spacial score (nSPS) is 16.2. The average molecular weight is 437 g/mol. The van der Waals surface area contributed by atoms with E-state index in [1.165, 1.54) is 12.8 Å². The molecule has 3 aromatic rings. The van der Waals surface area contributed by atoms with E-state index < -0.39 is 0 Å². The lowest BCUT2D eigenvalue weighted by Gasteiger charge is -2.29. The van der Waals surface area contributed by atoms with Crippen LogP contribution in [-0.4, -0.2) is 53.7 Å². The highest BCUT2D eigenvalue weighted by molar-refractivity contribution is 5.76. The molecule has 1 fully saturated rings. The van der Waals surface area contributed by atoms with E-state index >= 15 is 0 Å². The fraction of sp³-hybridized carbons (Fsp3) is 0.522. The zero-order valence-electron chi connectivity index (χ0n) is 18.7. The number of amides is 1. The van der Waals surface area contributed by atoms with Gasteiger partial charge in [-0.25, -0.2) is 9.67 Å². The summed E-state index contributed by atoms with van der Waals surface area (Å²) in [5, 5.41) is 15.4. The molecule has 2 aromatic heterocycles. The van der Waals surface area contributed by atoms with Crippen LogP contribution in [-0.2, 0) is 24.4 Å². The van der Waals surface area contributed by atoms with E-state index in [-0.39, 0.29) is 11.9 Å². The van der Waals surface area contributed by atoms with Gasteiger partial charge in [-0.15, -0.1) is 5.10 Å². The number of imidazole rings is 1. The summed E-state index contributed by atoms with van der Waals surface area (Å²) in [6, 6.07) is 9.93. The summed E-state index contributed by atoms with van der Waals surface area (Å²) >= 11 is 0. The minimum absolute atomic E-state index is 0.0265. The van der Waals surface area contributed by atoms with Crippen molar-refractivity contribution in [1.82, 2.24) is 40.0 Å². The molecule has 0 unspecified atom stereocenters. The number of hydrogen-bond donors (Lipinski definition) is 1. The van der Waals surface area contributed by atoms with Crippen LogP contribution in [0.3, 0.4) is 0 Å². The standard InChI is InChI=1S/C23H32N8O/c1-19-9-13-29(14-10-19)17-22-26-27-28-31(22)12-5-8-23(32)25-21(16-30-15-11-24-18-30)20-6-3-2-4-7-20/h2-4,6-7,11,15,18-19,21H,5,8-10,12-14,16-17H2,1H3,(H,25,32)/t21-/m1/s1. The summed E-state index contributed by atoms with van der Waals surface area (Å²) in [6.45, 7) is 6.54. The predicted octanol–water partition coefficient (Wildman–Crippen LogP) is 2.44. The highest BCUT2D eigenvalue weighted by atomic mass is 16.1. The first-order valence-corrected chi connectivity index (χ1v) is 11.4. The van der Waals surface area contributed by atoms with Crippen LogP contribution >= 0.6 is 0 Å². The number of benzene rings is 1. The third-order valence-corrected chi connectivity index (χ3v) is 6.11. The number of aryl methyl sites for hydroxylation is 1. The SMILES string of the molecule is CC1CCN(Cc2nnnn2CCCC(=O)N[C@H](Cn2ccnc2)c2ccccc2)CC1. The van der Waals surface area contributed by atoms with Crippen LogP contribution in [0.15, 0.2) is 49.1 Å². The van der Waals surface area contributed by atoms with Gasteiger partial charge in [0, 0.05) is 31.9 Å². The lowest BCUT2D eigenvalue weighted by Crippen LogP contribution is -2.33. The Morgan fingerprint density at radius 3 is 2.78 bits per heavy atom. The van der Waals surface area contributed by atoms with Crippen molar-refractivity contribution in [3.8, 4) is 0 Å². The van der Waals surface area contributed by atoms with Crippen LogP contribution in [0, 0.1) is 5.92 Å². The molecule has 1 atom stereocenters. The molecule has 1 aromatic carbocycles. The van der Waals surface area contributed by atoms with Gasteiger partial charge in [0.2, 0.25) is 5.91 Å². The zero-order chi connectivity index (χ0) is 22.2. The maximum atomic E-state index is 12.7. The monoisotopic (exact) mass is 436 g/mol. The van der Waals surface area contributed by atoms with Crippen molar-refractivity contribution in [3.05, 3.63) is 60.4 Å². The minimum Gasteiger partial charge on any atom is -0.347 e. The summed E-state index contributed by atoms with van der Waals surface area (Å²) in [5.74, 6) is 1.70. The van der Waals surface area contributed by atoms with E-state index in [0.717, 1.165) is 36.9 Å². The van der Waals surface area contributed by atoms with Crippen molar-refractivity contribution in [2.75, 3.05) is 13.1 Å². The second kappa shape index (κ2) is 11.0. The molecule has 1 aliphatic heterocycles. The average Bonchev–Trinajstić information content (AvgIpc) is 3.48. The van der Waals surface area contributed by atoms with E-state index in [1.54, 1.807) is 12.5 Å². The molecule has 0 radical (unpaired) electrons. The second-order valence-corrected chi connectivity index (χ2v) is 8.67. The number of rotatable bonds is 10. The van der Waals surface area contributed by atoms with E-state index in [4.69, 9.17) is 0 Å². The first-order valence-electron chi connectivity index (χ1n) is 11.4. The number of nitrogens with zero attached hydrogens (tertiary/aromatic N) is 7. The van der Waals surface area contributed by atoms with Gasteiger partial charge in [0.05, 0.1) is 18.9 Å².